The molecule has 0 radical (unpaired) electrons. The predicted octanol–water partition coefficient (Wildman–Crippen LogP) is 5.45. The van der Waals surface area contributed by atoms with Crippen molar-refractivity contribution in [3.63, 3.8) is 0 Å². The summed E-state index contributed by atoms with van der Waals surface area (Å²) in [5.41, 5.74) is 4.04. The molecular weight excluding hydrogens is 466 g/mol. The van der Waals surface area contributed by atoms with Gasteiger partial charge in [0.15, 0.2) is 0 Å². The summed E-state index contributed by atoms with van der Waals surface area (Å²) in [4.78, 5) is 14.5. The van der Waals surface area contributed by atoms with E-state index < -0.39 is 0 Å². The summed E-state index contributed by atoms with van der Waals surface area (Å²) in [6, 6.07) is 14.2. The smallest absolute Gasteiger partial charge is 0.211 e. The zero-order valence-electron chi connectivity index (χ0n) is 22.1. The first-order valence-corrected chi connectivity index (χ1v) is 12.6. The molecule has 2 N–H and O–H groups in total. The monoisotopic (exact) mass is 501 g/mol. The highest BCUT2D eigenvalue weighted by molar-refractivity contribution is 5.86. The molecule has 1 amide bonds. The number of amides is 1. The third-order valence-corrected chi connectivity index (χ3v) is 6.08. The lowest BCUT2D eigenvalue weighted by molar-refractivity contribution is -0.105. The second kappa shape index (κ2) is 11.4. The molecule has 1 saturated heterocycles. The maximum Gasteiger partial charge on any atom is 0.211 e. The van der Waals surface area contributed by atoms with Crippen LogP contribution in [-0.2, 0) is 16.8 Å². The number of carbonyl (C=O) groups is 1. The summed E-state index contributed by atoms with van der Waals surface area (Å²) < 4.78 is 14.0. The van der Waals surface area contributed by atoms with Crippen molar-refractivity contribution in [3.8, 4) is 17.2 Å². The molecule has 37 heavy (non-hydrogen) atoms. The number of hydrogen-bond acceptors (Lipinski definition) is 6. The number of rotatable bonds is 7. The highest BCUT2D eigenvalue weighted by Crippen LogP contribution is 2.33. The number of ether oxygens (including phenoxy) is 2. The Balaban J connectivity index is 0.000000225. The second-order valence-corrected chi connectivity index (χ2v) is 10.0. The van der Waals surface area contributed by atoms with E-state index in [1.54, 1.807) is 23.3 Å². The van der Waals surface area contributed by atoms with Crippen LogP contribution in [0.3, 0.4) is 0 Å². The number of nitrogens with zero attached hydrogens (tertiary/aromatic N) is 3. The number of anilines is 1. The lowest BCUT2D eigenvalue weighted by Crippen LogP contribution is -2.50. The third-order valence-electron chi connectivity index (χ3n) is 6.08. The van der Waals surface area contributed by atoms with E-state index in [9.17, 15) is 4.79 Å². The minimum atomic E-state index is -0.0389. The molecule has 2 aromatic heterocycles. The Morgan fingerprint density at radius 2 is 1.95 bits per heavy atom. The van der Waals surface area contributed by atoms with Gasteiger partial charge in [-0.25, -0.2) is 0 Å². The number of benzene rings is 2. The summed E-state index contributed by atoms with van der Waals surface area (Å²) >= 11 is 0. The lowest BCUT2D eigenvalue weighted by atomic mass is 10.1. The lowest BCUT2D eigenvalue weighted by Gasteiger charge is -2.27. The number of nitrogens with one attached hydrogen (secondary N) is 2. The number of pyridine rings is 1. The molecule has 1 aliphatic rings. The summed E-state index contributed by atoms with van der Waals surface area (Å²) in [5, 5.41) is 10.8. The molecule has 5 rings (SSSR count). The Kier molecular flexibility index (Phi) is 8.08. The second-order valence-electron chi connectivity index (χ2n) is 10.0. The molecule has 0 bridgehead atoms. The zero-order chi connectivity index (χ0) is 26.4. The van der Waals surface area contributed by atoms with Crippen LogP contribution in [0.15, 0.2) is 61.1 Å². The molecule has 0 aliphatic carbocycles. The van der Waals surface area contributed by atoms with Gasteiger partial charge in [0.05, 0.1) is 22.9 Å². The molecule has 1 aliphatic heterocycles. The van der Waals surface area contributed by atoms with Crippen molar-refractivity contribution in [2.45, 2.75) is 52.7 Å². The fourth-order valence-electron chi connectivity index (χ4n) is 3.80. The largest absolute Gasteiger partial charge is 0.488 e. The van der Waals surface area contributed by atoms with Crippen molar-refractivity contribution >= 4 is 23.0 Å². The standard InChI is InChI=1S/C21H22N2O2.C8H13N3O/c1-3-15-4-7-20(14(2)10-15)25-21-8-9-23-19-6-5-16(11-18(19)21)24-17-12-22-13-17;1-8(2,3)11-5-7(4-10-11)9-6-12/h4-11,17,22H,3,12-13H2,1-2H3;4-6H,1-3H3,(H,9,12). The Labute approximate surface area is 218 Å². The van der Waals surface area contributed by atoms with Gasteiger partial charge in [0, 0.05) is 30.9 Å². The average molecular weight is 502 g/mol. The first kappa shape index (κ1) is 26.2. The fraction of sp³-hybridized carbons (Fsp3) is 0.345. The molecule has 194 valence electrons. The molecule has 4 aromatic rings. The topological polar surface area (TPSA) is 90.3 Å². The first-order chi connectivity index (χ1) is 17.8. The maximum absolute atomic E-state index is 10.1. The van der Waals surface area contributed by atoms with Gasteiger partial charge in [-0.2, -0.15) is 5.10 Å². The van der Waals surface area contributed by atoms with Crippen molar-refractivity contribution in [2.24, 2.45) is 0 Å². The minimum Gasteiger partial charge on any atom is -0.488 e. The molecule has 8 heteroatoms. The van der Waals surface area contributed by atoms with Gasteiger partial charge >= 0.3 is 0 Å². The molecular formula is C29H35N5O3. The van der Waals surface area contributed by atoms with Gasteiger partial charge < -0.3 is 20.1 Å². The summed E-state index contributed by atoms with van der Waals surface area (Å²) in [6.45, 7) is 12.2. The van der Waals surface area contributed by atoms with Gasteiger partial charge in [0.2, 0.25) is 6.41 Å². The first-order valence-electron chi connectivity index (χ1n) is 12.6. The average Bonchev–Trinajstić information content (AvgIpc) is 3.33. The van der Waals surface area contributed by atoms with Crippen molar-refractivity contribution < 1.29 is 14.3 Å². The minimum absolute atomic E-state index is 0.0389. The SMILES string of the molecule is CC(C)(C)n1cc(NC=O)cn1.CCc1ccc(Oc2ccnc3ccc(OC4CNC4)cc23)c(C)c1. The fourth-order valence-corrected chi connectivity index (χ4v) is 3.80. The molecule has 0 unspecified atom stereocenters. The van der Waals surface area contributed by atoms with E-state index >= 15 is 0 Å². The Hall–Kier alpha value is -3.91. The highest BCUT2D eigenvalue weighted by Gasteiger charge is 2.19. The number of fused-ring (bicyclic) bond motifs is 1. The predicted molar refractivity (Wildman–Crippen MR) is 147 cm³/mol. The van der Waals surface area contributed by atoms with Gasteiger partial charge in [0.1, 0.15) is 23.4 Å². The third kappa shape index (κ3) is 6.65. The molecule has 0 saturated carbocycles. The molecule has 8 nitrogen and oxygen atoms in total. The van der Waals surface area contributed by atoms with Gasteiger partial charge in [-0.1, -0.05) is 19.1 Å². The van der Waals surface area contributed by atoms with E-state index in [1.165, 1.54) is 5.56 Å². The Bertz CT molecular complexity index is 1360. The van der Waals surface area contributed by atoms with Crippen LogP contribution in [0.4, 0.5) is 5.69 Å². The summed E-state index contributed by atoms with van der Waals surface area (Å²) in [7, 11) is 0. The van der Waals surface area contributed by atoms with Gasteiger partial charge in [0.25, 0.3) is 0 Å². The molecule has 3 heterocycles. The van der Waals surface area contributed by atoms with Crippen molar-refractivity contribution in [3.05, 3.63) is 72.2 Å². The molecule has 2 aromatic carbocycles. The van der Waals surface area contributed by atoms with Crippen LogP contribution in [0, 0.1) is 6.92 Å². The zero-order valence-corrected chi connectivity index (χ0v) is 22.1. The van der Waals surface area contributed by atoms with Crippen molar-refractivity contribution in [1.82, 2.24) is 20.1 Å². The number of aromatic nitrogens is 3. The van der Waals surface area contributed by atoms with E-state index in [4.69, 9.17) is 9.47 Å². The van der Waals surface area contributed by atoms with Gasteiger partial charge in [-0.15, -0.1) is 0 Å². The normalized spacial score (nSPS) is 13.3. The van der Waals surface area contributed by atoms with Crippen LogP contribution in [0.5, 0.6) is 17.2 Å². The Morgan fingerprint density at radius 1 is 1.14 bits per heavy atom. The quantitative estimate of drug-likeness (QED) is 0.327. The van der Waals surface area contributed by atoms with E-state index in [0.717, 1.165) is 58.9 Å². The van der Waals surface area contributed by atoms with E-state index in [0.29, 0.717) is 6.41 Å². The van der Waals surface area contributed by atoms with Crippen LogP contribution in [0.1, 0.15) is 38.8 Å². The molecule has 1 fully saturated rings. The van der Waals surface area contributed by atoms with Crippen LogP contribution < -0.4 is 20.1 Å². The summed E-state index contributed by atoms with van der Waals surface area (Å²) in [5.74, 6) is 2.53. The maximum atomic E-state index is 10.1. The summed E-state index contributed by atoms with van der Waals surface area (Å²) in [6.07, 6.45) is 7.13. The van der Waals surface area contributed by atoms with E-state index in [2.05, 4.69) is 46.7 Å². The van der Waals surface area contributed by atoms with Crippen LogP contribution in [0.25, 0.3) is 10.9 Å². The van der Waals surface area contributed by atoms with Crippen molar-refractivity contribution in [1.29, 1.82) is 0 Å². The Morgan fingerprint density at radius 3 is 2.57 bits per heavy atom. The molecule has 0 spiro atoms. The van der Waals surface area contributed by atoms with E-state index in [-0.39, 0.29) is 11.6 Å². The number of carbonyl (C=O) groups excluding carboxylic acids is 1. The van der Waals surface area contributed by atoms with Crippen LogP contribution in [-0.4, -0.2) is 40.4 Å². The van der Waals surface area contributed by atoms with E-state index in [1.807, 2.05) is 51.1 Å². The van der Waals surface area contributed by atoms with Crippen LogP contribution in [0.2, 0.25) is 0 Å². The van der Waals surface area contributed by atoms with Crippen molar-refractivity contribution in [2.75, 3.05) is 18.4 Å². The van der Waals surface area contributed by atoms with Gasteiger partial charge in [-0.3, -0.25) is 14.5 Å². The van der Waals surface area contributed by atoms with Crippen LogP contribution >= 0.6 is 0 Å². The van der Waals surface area contributed by atoms with Gasteiger partial charge in [-0.05, 0) is 75.6 Å². The number of hydrogen-bond donors (Lipinski definition) is 2. The molecule has 0 atom stereocenters. The highest BCUT2D eigenvalue weighted by atomic mass is 16.5. The number of aryl methyl sites for hydroxylation is 2.